The van der Waals surface area contributed by atoms with E-state index in [4.69, 9.17) is 0 Å². The first kappa shape index (κ1) is 11.4. The zero-order valence-electron chi connectivity index (χ0n) is 9.41. The Bertz CT molecular complexity index is 313. The molecule has 15 heavy (non-hydrogen) atoms. The van der Waals surface area contributed by atoms with Crippen molar-refractivity contribution in [3.63, 3.8) is 0 Å². The van der Waals surface area contributed by atoms with Crippen molar-refractivity contribution in [2.75, 3.05) is 18.1 Å². The minimum Gasteiger partial charge on any atom is -0.313 e. The Kier molecular flexibility index (Phi) is 3.36. The molecule has 1 N–H and O–H groups in total. The predicted octanol–water partition coefficient (Wildman–Crippen LogP) is 1.20. The molecule has 4 heteroatoms. The van der Waals surface area contributed by atoms with E-state index in [2.05, 4.69) is 5.32 Å². The average Bonchev–Trinajstić information content (AvgIpc) is 2.79. The third-order valence-corrected chi connectivity index (χ3v) is 5.70. The van der Waals surface area contributed by atoms with Crippen LogP contribution >= 0.6 is 0 Å². The summed E-state index contributed by atoms with van der Waals surface area (Å²) >= 11 is 0. The molecule has 2 aliphatic rings. The van der Waals surface area contributed by atoms with Gasteiger partial charge in [0.2, 0.25) is 0 Å². The van der Waals surface area contributed by atoms with Crippen molar-refractivity contribution in [3.05, 3.63) is 0 Å². The van der Waals surface area contributed by atoms with E-state index in [-0.39, 0.29) is 5.75 Å². The second kappa shape index (κ2) is 4.42. The molecular weight excluding hydrogens is 210 g/mol. The van der Waals surface area contributed by atoms with E-state index in [0.717, 1.165) is 11.8 Å². The molecule has 2 rings (SSSR count). The van der Waals surface area contributed by atoms with Crippen LogP contribution < -0.4 is 5.32 Å². The molecule has 0 radical (unpaired) electrons. The molecule has 0 aromatic rings. The van der Waals surface area contributed by atoms with Gasteiger partial charge < -0.3 is 5.32 Å². The summed E-state index contributed by atoms with van der Waals surface area (Å²) in [5.41, 5.74) is 0. The quantitative estimate of drug-likeness (QED) is 0.773. The van der Waals surface area contributed by atoms with Crippen LogP contribution in [0.15, 0.2) is 0 Å². The van der Waals surface area contributed by atoms with Crippen molar-refractivity contribution in [3.8, 4) is 0 Å². The van der Waals surface area contributed by atoms with Crippen molar-refractivity contribution in [1.29, 1.82) is 0 Å². The van der Waals surface area contributed by atoms with Crippen molar-refractivity contribution in [1.82, 2.24) is 5.32 Å². The Morgan fingerprint density at radius 3 is 2.60 bits per heavy atom. The molecule has 3 atom stereocenters. The summed E-state index contributed by atoms with van der Waals surface area (Å²) in [4.78, 5) is 0. The fourth-order valence-electron chi connectivity index (χ4n) is 3.04. The molecule has 2 bridgehead atoms. The molecule has 0 saturated heterocycles. The van der Waals surface area contributed by atoms with Gasteiger partial charge in [-0.15, -0.1) is 0 Å². The van der Waals surface area contributed by atoms with Crippen LogP contribution in [-0.4, -0.2) is 32.5 Å². The molecule has 0 aromatic heterocycles. The summed E-state index contributed by atoms with van der Waals surface area (Å²) in [5.74, 6) is 2.33. The van der Waals surface area contributed by atoms with Gasteiger partial charge in [0.05, 0.1) is 5.75 Å². The van der Waals surface area contributed by atoms with E-state index in [9.17, 15) is 8.42 Å². The van der Waals surface area contributed by atoms with Gasteiger partial charge in [0, 0.05) is 18.3 Å². The predicted molar refractivity (Wildman–Crippen MR) is 61.6 cm³/mol. The minimum atomic E-state index is -2.79. The van der Waals surface area contributed by atoms with E-state index < -0.39 is 9.84 Å². The van der Waals surface area contributed by atoms with Crippen molar-refractivity contribution >= 4 is 9.84 Å². The number of hydrogen-bond donors (Lipinski definition) is 1. The zero-order valence-corrected chi connectivity index (χ0v) is 10.2. The van der Waals surface area contributed by atoms with Crippen molar-refractivity contribution in [2.45, 2.75) is 38.6 Å². The maximum atomic E-state index is 11.3. The van der Waals surface area contributed by atoms with E-state index in [1.165, 1.54) is 25.7 Å². The fraction of sp³-hybridized carbons (Fsp3) is 1.00. The number of fused-ring (bicyclic) bond motifs is 2. The Labute approximate surface area is 92.6 Å². The van der Waals surface area contributed by atoms with Crippen molar-refractivity contribution in [2.24, 2.45) is 11.8 Å². The summed E-state index contributed by atoms with van der Waals surface area (Å²) in [6.07, 6.45) is 5.40. The van der Waals surface area contributed by atoms with Crippen LogP contribution in [0.2, 0.25) is 0 Å². The lowest BCUT2D eigenvalue weighted by Gasteiger charge is -2.22. The van der Waals surface area contributed by atoms with Crippen LogP contribution in [0.3, 0.4) is 0 Å². The highest BCUT2D eigenvalue weighted by Gasteiger charge is 2.38. The van der Waals surface area contributed by atoms with Gasteiger partial charge in [-0.1, -0.05) is 13.3 Å². The average molecular weight is 231 g/mol. The normalized spacial score (nSPS) is 34.9. The number of nitrogens with one attached hydrogen (secondary N) is 1. The summed E-state index contributed by atoms with van der Waals surface area (Å²) in [7, 11) is -2.79. The highest BCUT2D eigenvalue weighted by molar-refractivity contribution is 7.91. The lowest BCUT2D eigenvalue weighted by molar-refractivity contribution is 0.358. The molecule has 2 aliphatic carbocycles. The molecule has 0 spiro atoms. The molecule has 0 heterocycles. The van der Waals surface area contributed by atoms with Gasteiger partial charge in [-0.25, -0.2) is 8.42 Å². The van der Waals surface area contributed by atoms with E-state index in [1.807, 2.05) is 0 Å². The molecule has 88 valence electrons. The zero-order chi connectivity index (χ0) is 10.9. The summed E-state index contributed by atoms with van der Waals surface area (Å²) in [5, 5.41) is 3.42. The first-order valence-corrected chi connectivity index (χ1v) is 7.86. The van der Waals surface area contributed by atoms with Gasteiger partial charge in [-0.05, 0) is 31.1 Å². The molecule has 0 aromatic carbocycles. The molecule has 0 amide bonds. The molecule has 2 fully saturated rings. The largest absolute Gasteiger partial charge is 0.313 e. The van der Waals surface area contributed by atoms with Gasteiger partial charge >= 0.3 is 0 Å². The Morgan fingerprint density at radius 2 is 2.07 bits per heavy atom. The topological polar surface area (TPSA) is 46.2 Å². The lowest BCUT2D eigenvalue weighted by atomic mass is 9.95. The van der Waals surface area contributed by atoms with Crippen LogP contribution in [-0.2, 0) is 9.84 Å². The third kappa shape index (κ3) is 2.72. The second-order valence-corrected chi connectivity index (χ2v) is 7.44. The highest BCUT2D eigenvalue weighted by atomic mass is 32.2. The molecule has 3 nitrogen and oxygen atoms in total. The van der Waals surface area contributed by atoms with Crippen molar-refractivity contribution < 1.29 is 8.42 Å². The van der Waals surface area contributed by atoms with Crippen LogP contribution in [0.4, 0.5) is 0 Å². The monoisotopic (exact) mass is 231 g/mol. The van der Waals surface area contributed by atoms with Gasteiger partial charge in [0.25, 0.3) is 0 Å². The Morgan fingerprint density at radius 1 is 1.27 bits per heavy atom. The highest BCUT2D eigenvalue weighted by Crippen LogP contribution is 2.44. The van der Waals surface area contributed by atoms with Gasteiger partial charge in [0.15, 0.2) is 9.84 Å². The second-order valence-electron chi connectivity index (χ2n) is 4.97. The summed E-state index contributed by atoms with van der Waals surface area (Å²) in [6, 6.07) is 0.607. The van der Waals surface area contributed by atoms with Crippen LogP contribution in [0.5, 0.6) is 0 Å². The molecule has 3 unspecified atom stereocenters. The minimum absolute atomic E-state index is 0.269. The lowest BCUT2D eigenvalue weighted by Crippen LogP contribution is -2.37. The molecule has 2 saturated carbocycles. The maximum Gasteiger partial charge on any atom is 0.151 e. The standard InChI is InChI=1S/C11H21NO2S/c1-2-15(13,14)6-5-12-11-8-9-3-4-10(11)7-9/h9-12H,2-8H2,1H3. The number of rotatable bonds is 5. The van der Waals surface area contributed by atoms with Gasteiger partial charge in [-0.2, -0.15) is 0 Å². The first-order chi connectivity index (χ1) is 7.11. The van der Waals surface area contributed by atoms with Crippen LogP contribution in [0.25, 0.3) is 0 Å². The van der Waals surface area contributed by atoms with Crippen LogP contribution in [0, 0.1) is 11.8 Å². The Balaban J connectivity index is 1.71. The SMILES string of the molecule is CCS(=O)(=O)CCNC1CC2CCC1C2. The maximum absolute atomic E-state index is 11.3. The third-order valence-electron chi connectivity index (χ3n) is 4.00. The number of sulfone groups is 1. The van der Waals surface area contributed by atoms with E-state index >= 15 is 0 Å². The van der Waals surface area contributed by atoms with Crippen LogP contribution in [0.1, 0.15) is 32.6 Å². The van der Waals surface area contributed by atoms with E-state index in [0.29, 0.717) is 18.3 Å². The van der Waals surface area contributed by atoms with Gasteiger partial charge in [-0.3, -0.25) is 0 Å². The Hall–Kier alpha value is -0.0900. The molecular formula is C11H21NO2S. The van der Waals surface area contributed by atoms with E-state index in [1.54, 1.807) is 6.92 Å². The summed E-state index contributed by atoms with van der Waals surface area (Å²) in [6.45, 7) is 2.36. The number of hydrogen-bond acceptors (Lipinski definition) is 3. The van der Waals surface area contributed by atoms with Gasteiger partial charge in [0.1, 0.15) is 0 Å². The summed E-state index contributed by atoms with van der Waals surface area (Å²) < 4.78 is 22.6. The fourth-order valence-corrected chi connectivity index (χ4v) is 3.76. The first-order valence-electron chi connectivity index (χ1n) is 6.04. The smallest absolute Gasteiger partial charge is 0.151 e. The molecule has 0 aliphatic heterocycles.